The molecule has 1 rings (SSSR count). The molecular formula is C11H18N4O5. The lowest BCUT2D eigenvalue weighted by molar-refractivity contribution is -0.137. The molecule has 9 nitrogen and oxygen atoms in total. The minimum Gasteiger partial charge on any atom is -0.480 e. The van der Waals surface area contributed by atoms with Crippen LogP contribution >= 0.6 is 0 Å². The van der Waals surface area contributed by atoms with E-state index in [1.54, 1.807) is 0 Å². The molecule has 0 aliphatic heterocycles. The third-order valence-corrected chi connectivity index (χ3v) is 2.51. The van der Waals surface area contributed by atoms with E-state index in [4.69, 9.17) is 5.11 Å². The Balaban J connectivity index is 2.16. The molecule has 9 heteroatoms. The fraction of sp³-hybridized carbons (Fsp3) is 0.636. The number of hydrogen-bond acceptors (Lipinski definition) is 4. The zero-order valence-corrected chi connectivity index (χ0v) is 11.1. The first kappa shape index (κ1) is 15.7. The van der Waals surface area contributed by atoms with Crippen molar-refractivity contribution in [1.29, 1.82) is 0 Å². The Kier molecular flexibility index (Phi) is 5.75. The van der Waals surface area contributed by atoms with Gasteiger partial charge in [-0.2, -0.15) is 0 Å². The predicted molar refractivity (Wildman–Crippen MR) is 67.8 cm³/mol. The topological polar surface area (TPSA) is 137 Å². The van der Waals surface area contributed by atoms with Crippen molar-refractivity contribution in [3.63, 3.8) is 0 Å². The van der Waals surface area contributed by atoms with Crippen LogP contribution in [0.4, 0.5) is 4.79 Å². The average molecular weight is 286 g/mol. The normalized spacial score (nSPS) is 14.8. The third-order valence-electron chi connectivity index (χ3n) is 2.51. The molecule has 5 N–H and O–H groups in total. The summed E-state index contributed by atoms with van der Waals surface area (Å²) >= 11 is 0. The number of hydrogen-bond donors (Lipinski definition) is 5. The highest BCUT2D eigenvalue weighted by Crippen LogP contribution is 2.18. The molecule has 1 atom stereocenters. The summed E-state index contributed by atoms with van der Waals surface area (Å²) in [4.78, 5) is 44.3. The van der Waals surface area contributed by atoms with Gasteiger partial charge in [0.05, 0.1) is 6.54 Å². The van der Waals surface area contributed by atoms with Crippen molar-refractivity contribution in [3.05, 3.63) is 0 Å². The second-order valence-corrected chi connectivity index (χ2v) is 4.50. The maximum Gasteiger partial charge on any atom is 0.322 e. The fourth-order valence-corrected chi connectivity index (χ4v) is 1.26. The number of carbonyl (C=O) groups excluding carboxylic acids is 3. The second kappa shape index (κ2) is 7.31. The second-order valence-electron chi connectivity index (χ2n) is 4.50. The molecular weight excluding hydrogens is 268 g/mol. The van der Waals surface area contributed by atoms with Crippen LogP contribution < -0.4 is 21.3 Å². The van der Waals surface area contributed by atoms with Crippen LogP contribution in [0.25, 0.3) is 0 Å². The molecule has 1 unspecified atom stereocenters. The van der Waals surface area contributed by atoms with Crippen molar-refractivity contribution in [2.24, 2.45) is 0 Å². The Hall–Kier alpha value is -2.32. The van der Waals surface area contributed by atoms with Crippen molar-refractivity contribution in [2.45, 2.75) is 31.8 Å². The lowest BCUT2D eigenvalue weighted by atomic mass is 10.3. The SMILES string of the molecule is CC(NC(=O)NCC(=O)NCC(=O)O)C(=O)NC1CC1. The lowest BCUT2D eigenvalue weighted by Crippen LogP contribution is -2.50. The van der Waals surface area contributed by atoms with Gasteiger partial charge in [0.2, 0.25) is 11.8 Å². The smallest absolute Gasteiger partial charge is 0.322 e. The van der Waals surface area contributed by atoms with Gasteiger partial charge in [0.25, 0.3) is 0 Å². The molecule has 0 spiro atoms. The minimum atomic E-state index is -1.17. The van der Waals surface area contributed by atoms with Gasteiger partial charge in [-0.1, -0.05) is 0 Å². The summed E-state index contributed by atoms with van der Waals surface area (Å²) in [7, 11) is 0. The van der Waals surface area contributed by atoms with E-state index in [1.165, 1.54) is 6.92 Å². The molecule has 0 aromatic heterocycles. The van der Waals surface area contributed by atoms with Gasteiger partial charge in [-0.3, -0.25) is 14.4 Å². The van der Waals surface area contributed by atoms with Crippen molar-refractivity contribution in [2.75, 3.05) is 13.1 Å². The first-order chi connectivity index (χ1) is 9.38. The lowest BCUT2D eigenvalue weighted by Gasteiger charge is -2.14. The Morgan fingerprint density at radius 2 is 1.80 bits per heavy atom. The van der Waals surface area contributed by atoms with Crippen molar-refractivity contribution in [1.82, 2.24) is 21.3 Å². The number of aliphatic carboxylic acids is 1. The van der Waals surface area contributed by atoms with Crippen LogP contribution in [0.15, 0.2) is 0 Å². The highest BCUT2D eigenvalue weighted by Gasteiger charge is 2.26. The standard InChI is InChI=1S/C11H18N4O5/c1-6(10(19)15-7-2-3-7)14-11(20)13-4-8(16)12-5-9(17)18/h6-7H,2-5H2,1H3,(H,12,16)(H,15,19)(H,17,18)(H2,13,14,20). The van der Waals surface area contributed by atoms with E-state index in [9.17, 15) is 19.2 Å². The maximum atomic E-state index is 11.5. The van der Waals surface area contributed by atoms with Gasteiger partial charge in [-0.25, -0.2) is 4.79 Å². The number of carboxylic acids is 1. The van der Waals surface area contributed by atoms with Gasteiger partial charge < -0.3 is 26.4 Å². The van der Waals surface area contributed by atoms with E-state index in [0.29, 0.717) is 0 Å². The molecule has 0 bridgehead atoms. The Morgan fingerprint density at radius 1 is 1.15 bits per heavy atom. The van der Waals surface area contributed by atoms with E-state index < -0.39 is 30.5 Å². The van der Waals surface area contributed by atoms with E-state index in [2.05, 4.69) is 21.3 Å². The van der Waals surface area contributed by atoms with Gasteiger partial charge in [-0.15, -0.1) is 0 Å². The first-order valence-corrected chi connectivity index (χ1v) is 6.21. The minimum absolute atomic E-state index is 0.205. The van der Waals surface area contributed by atoms with Gasteiger partial charge in [-0.05, 0) is 19.8 Å². The predicted octanol–water partition coefficient (Wildman–Crippen LogP) is -1.85. The molecule has 1 aliphatic carbocycles. The quantitative estimate of drug-likeness (QED) is 0.374. The van der Waals surface area contributed by atoms with E-state index in [-0.39, 0.29) is 18.5 Å². The molecule has 0 heterocycles. The summed E-state index contributed by atoms with van der Waals surface area (Å²) in [6, 6.07) is -1.18. The molecule has 1 saturated carbocycles. The summed E-state index contributed by atoms with van der Waals surface area (Å²) in [6.07, 6.45) is 1.91. The van der Waals surface area contributed by atoms with Gasteiger partial charge in [0.15, 0.2) is 0 Å². The number of nitrogens with one attached hydrogen (secondary N) is 4. The Labute approximate surface area is 115 Å². The zero-order chi connectivity index (χ0) is 15.1. The summed E-state index contributed by atoms with van der Waals surface area (Å²) in [5.74, 6) is -2.08. The number of carbonyl (C=O) groups is 4. The van der Waals surface area contributed by atoms with E-state index in [1.807, 2.05) is 0 Å². The first-order valence-electron chi connectivity index (χ1n) is 6.21. The fourth-order valence-electron chi connectivity index (χ4n) is 1.26. The summed E-state index contributed by atoms with van der Waals surface area (Å²) in [6.45, 7) is 0.653. The largest absolute Gasteiger partial charge is 0.480 e. The summed E-state index contributed by atoms with van der Waals surface area (Å²) in [5.41, 5.74) is 0. The maximum absolute atomic E-state index is 11.5. The van der Waals surface area contributed by atoms with Crippen LogP contribution in [-0.2, 0) is 14.4 Å². The molecule has 0 saturated heterocycles. The van der Waals surface area contributed by atoms with E-state index in [0.717, 1.165) is 12.8 Å². The van der Waals surface area contributed by atoms with Gasteiger partial charge in [0, 0.05) is 6.04 Å². The summed E-state index contributed by atoms with van der Waals surface area (Å²) < 4.78 is 0. The zero-order valence-electron chi connectivity index (χ0n) is 11.1. The van der Waals surface area contributed by atoms with Crippen LogP contribution in [-0.4, -0.2) is 54.1 Å². The summed E-state index contributed by atoms with van der Waals surface area (Å²) in [5, 5.41) is 17.8. The molecule has 0 aromatic rings. The monoisotopic (exact) mass is 286 g/mol. The molecule has 1 fully saturated rings. The number of amides is 4. The molecule has 0 radical (unpaired) electrons. The Morgan fingerprint density at radius 3 is 2.35 bits per heavy atom. The van der Waals surface area contributed by atoms with Crippen LogP contribution in [0.1, 0.15) is 19.8 Å². The number of carboxylic acid groups (broad SMARTS) is 1. The highest BCUT2D eigenvalue weighted by molar-refractivity contribution is 5.89. The molecule has 4 amide bonds. The van der Waals surface area contributed by atoms with Crippen LogP contribution in [0, 0.1) is 0 Å². The van der Waals surface area contributed by atoms with Gasteiger partial charge in [0.1, 0.15) is 12.6 Å². The van der Waals surface area contributed by atoms with Crippen molar-refractivity contribution < 1.29 is 24.3 Å². The number of urea groups is 1. The highest BCUT2D eigenvalue weighted by atomic mass is 16.4. The Bertz CT molecular complexity index is 408. The van der Waals surface area contributed by atoms with Crippen LogP contribution in [0.2, 0.25) is 0 Å². The third kappa shape index (κ3) is 6.57. The average Bonchev–Trinajstić information content (AvgIpc) is 3.17. The van der Waals surface area contributed by atoms with Crippen molar-refractivity contribution in [3.8, 4) is 0 Å². The molecule has 0 aromatic carbocycles. The molecule has 1 aliphatic rings. The van der Waals surface area contributed by atoms with Crippen molar-refractivity contribution >= 4 is 23.8 Å². The van der Waals surface area contributed by atoms with Gasteiger partial charge >= 0.3 is 12.0 Å². The van der Waals surface area contributed by atoms with E-state index >= 15 is 0 Å². The van der Waals surface area contributed by atoms with Crippen LogP contribution in [0.3, 0.4) is 0 Å². The molecule has 20 heavy (non-hydrogen) atoms. The van der Waals surface area contributed by atoms with Crippen LogP contribution in [0.5, 0.6) is 0 Å². The molecule has 112 valence electrons. The number of rotatable bonds is 7.